The van der Waals surface area contributed by atoms with Gasteiger partial charge in [-0.3, -0.25) is 0 Å². The van der Waals surface area contributed by atoms with Crippen molar-refractivity contribution in [1.29, 1.82) is 0 Å². The Labute approximate surface area is 95.6 Å². The highest BCUT2D eigenvalue weighted by Crippen LogP contribution is 2.27. The van der Waals surface area contributed by atoms with Crippen LogP contribution in [-0.2, 0) is 4.74 Å². The van der Waals surface area contributed by atoms with Gasteiger partial charge >= 0.3 is 0 Å². The number of morpholine rings is 1. The molecule has 2 rings (SSSR count). The van der Waals surface area contributed by atoms with Crippen LogP contribution in [-0.4, -0.2) is 18.7 Å². The van der Waals surface area contributed by atoms with E-state index in [1.165, 1.54) is 5.56 Å². The maximum absolute atomic E-state index is 5.99. The van der Waals surface area contributed by atoms with Gasteiger partial charge in [0.05, 0.1) is 11.7 Å². The van der Waals surface area contributed by atoms with Gasteiger partial charge < -0.3 is 10.1 Å². The first-order valence-electron chi connectivity index (χ1n) is 5.21. The van der Waals surface area contributed by atoms with Crippen molar-refractivity contribution in [3.05, 3.63) is 34.9 Å². The minimum absolute atomic E-state index is 0.0947. The average molecular weight is 226 g/mol. The summed E-state index contributed by atoms with van der Waals surface area (Å²) >= 11 is 5.85. The van der Waals surface area contributed by atoms with Gasteiger partial charge in [-0.2, -0.15) is 0 Å². The van der Waals surface area contributed by atoms with Crippen molar-refractivity contribution in [2.75, 3.05) is 13.1 Å². The van der Waals surface area contributed by atoms with Gasteiger partial charge in [0, 0.05) is 18.1 Å². The second-order valence-electron chi connectivity index (χ2n) is 4.55. The predicted molar refractivity (Wildman–Crippen MR) is 62.2 cm³/mol. The Hall–Kier alpha value is -0.570. The zero-order valence-corrected chi connectivity index (χ0v) is 9.84. The highest BCUT2D eigenvalue weighted by molar-refractivity contribution is 6.30. The molecule has 0 aliphatic carbocycles. The van der Waals surface area contributed by atoms with Crippen molar-refractivity contribution in [2.24, 2.45) is 0 Å². The first-order chi connectivity index (χ1) is 7.07. The summed E-state index contributed by atoms with van der Waals surface area (Å²) < 4.78 is 5.99. The lowest BCUT2D eigenvalue weighted by atomic mass is 10.0. The summed E-state index contributed by atoms with van der Waals surface area (Å²) in [7, 11) is 0. The molecule has 2 nitrogen and oxygen atoms in total. The maximum Gasteiger partial charge on any atom is 0.0957 e. The number of nitrogens with one attached hydrogen (secondary N) is 1. The molecule has 1 saturated heterocycles. The van der Waals surface area contributed by atoms with Crippen LogP contribution in [0.5, 0.6) is 0 Å². The molecule has 1 N–H and O–H groups in total. The molecule has 0 spiro atoms. The van der Waals surface area contributed by atoms with Crippen molar-refractivity contribution in [1.82, 2.24) is 5.32 Å². The SMILES string of the molecule is CC1(C)CNCC(c2ccc(Cl)cc2)O1. The van der Waals surface area contributed by atoms with Crippen molar-refractivity contribution in [2.45, 2.75) is 25.6 Å². The summed E-state index contributed by atoms with van der Waals surface area (Å²) in [5.41, 5.74) is 1.09. The highest BCUT2D eigenvalue weighted by Gasteiger charge is 2.28. The van der Waals surface area contributed by atoms with Crippen molar-refractivity contribution in [3.63, 3.8) is 0 Å². The van der Waals surface area contributed by atoms with Crippen molar-refractivity contribution >= 4 is 11.6 Å². The molecule has 1 unspecified atom stereocenters. The van der Waals surface area contributed by atoms with Crippen molar-refractivity contribution in [3.8, 4) is 0 Å². The van der Waals surface area contributed by atoms with E-state index in [-0.39, 0.29) is 11.7 Å². The quantitative estimate of drug-likeness (QED) is 0.794. The van der Waals surface area contributed by atoms with Crippen LogP contribution in [0.2, 0.25) is 5.02 Å². The van der Waals surface area contributed by atoms with Gasteiger partial charge in [0.2, 0.25) is 0 Å². The van der Waals surface area contributed by atoms with Crippen LogP contribution in [0.15, 0.2) is 24.3 Å². The molecule has 0 amide bonds. The maximum atomic E-state index is 5.99. The van der Waals surface area contributed by atoms with Crippen LogP contribution in [0.3, 0.4) is 0 Å². The van der Waals surface area contributed by atoms with E-state index in [0.717, 1.165) is 18.1 Å². The molecule has 1 aromatic rings. The summed E-state index contributed by atoms with van der Waals surface area (Å²) in [5.74, 6) is 0. The van der Waals surface area contributed by atoms with E-state index in [9.17, 15) is 0 Å². The zero-order chi connectivity index (χ0) is 10.9. The van der Waals surface area contributed by atoms with E-state index in [4.69, 9.17) is 16.3 Å². The number of ether oxygens (including phenoxy) is 1. The lowest BCUT2D eigenvalue weighted by molar-refractivity contribution is -0.0958. The number of hydrogen-bond donors (Lipinski definition) is 1. The van der Waals surface area contributed by atoms with E-state index < -0.39 is 0 Å². The summed E-state index contributed by atoms with van der Waals surface area (Å²) in [6.45, 7) is 5.96. The van der Waals surface area contributed by atoms with Gasteiger partial charge in [0.1, 0.15) is 0 Å². The fraction of sp³-hybridized carbons (Fsp3) is 0.500. The van der Waals surface area contributed by atoms with E-state index in [2.05, 4.69) is 19.2 Å². The monoisotopic (exact) mass is 225 g/mol. The number of halogens is 1. The van der Waals surface area contributed by atoms with Gasteiger partial charge in [0.25, 0.3) is 0 Å². The summed E-state index contributed by atoms with van der Waals surface area (Å²) in [6.07, 6.45) is 0.131. The summed E-state index contributed by atoms with van der Waals surface area (Å²) in [5, 5.41) is 4.15. The smallest absolute Gasteiger partial charge is 0.0957 e. The normalized spacial score (nSPS) is 25.1. The predicted octanol–water partition coefficient (Wildman–Crippen LogP) is 2.78. The molecule has 1 aliphatic rings. The molecule has 1 fully saturated rings. The van der Waals surface area contributed by atoms with Gasteiger partial charge in [0.15, 0.2) is 0 Å². The summed E-state index contributed by atoms with van der Waals surface area (Å²) in [6, 6.07) is 7.86. The topological polar surface area (TPSA) is 21.3 Å². The second kappa shape index (κ2) is 4.12. The second-order valence-corrected chi connectivity index (χ2v) is 4.99. The molecule has 82 valence electrons. The molecular formula is C12H16ClNO. The van der Waals surface area contributed by atoms with Gasteiger partial charge in [-0.1, -0.05) is 23.7 Å². The molecule has 0 aromatic heterocycles. The summed E-state index contributed by atoms with van der Waals surface area (Å²) in [4.78, 5) is 0. The molecule has 1 atom stereocenters. The third kappa shape index (κ3) is 2.71. The number of benzene rings is 1. The van der Waals surface area contributed by atoms with Crippen LogP contribution in [0.1, 0.15) is 25.5 Å². The van der Waals surface area contributed by atoms with Crippen LogP contribution in [0.25, 0.3) is 0 Å². The Morgan fingerprint density at radius 3 is 2.60 bits per heavy atom. The average Bonchev–Trinajstić information content (AvgIpc) is 2.17. The molecule has 1 aromatic carbocycles. The Morgan fingerprint density at radius 1 is 1.33 bits per heavy atom. The minimum atomic E-state index is -0.0947. The molecular weight excluding hydrogens is 210 g/mol. The van der Waals surface area contributed by atoms with Crippen LogP contribution >= 0.6 is 11.6 Å². The minimum Gasteiger partial charge on any atom is -0.365 e. The molecule has 1 aliphatic heterocycles. The molecule has 3 heteroatoms. The van der Waals surface area contributed by atoms with Crippen LogP contribution in [0, 0.1) is 0 Å². The Balaban J connectivity index is 2.13. The van der Waals surface area contributed by atoms with Crippen molar-refractivity contribution < 1.29 is 4.74 Å². The molecule has 0 saturated carbocycles. The Kier molecular flexibility index (Phi) is 3.01. The fourth-order valence-electron chi connectivity index (χ4n) is 1.84. The third-order valence-electron chi connectivity index (χ3n) is 2.58. The molecule has 15 heavy (non-hydrogen) atoms. The third-order valence-corrected chi connectivity index (χ3v) is 2.84. The van der Waals surface area contributed by atoms with E-state index in [0.29, 0.717) is 0 Å². The number of hydrogen-bond acceptors (Lipinski definition) is 2. The number of rotatable bonds is 1. The van der Waals surface area contributed by atoms with E-state index in [1.807, 2.05) is 24.3 Å². The highest BCUT2D eigenvalue weighted by atomic mass is 35.5. The van der Waals surface area contributed by atoms with Crippen LogP contribution < -0.4 is 5.32 Å². The largest absolute Gasteiger partial charge is 0.365 e. The standard InChI is InChI=1S/C12H16ClNO/c1-12(2)8-14-7-11(15-12)9-3-5-10(13)6-4-9/h3-6,11,14H,7-8H2,1-2H3. The Bertz CT molecular complexity index is 334. The van der Waals surface area contributed by atoms with Gasteiger partial charge in [-0.25, -0.2) is 0 Å². The molecule has 0 bridgehead atoms. The van der Waals surface area contributed by atoms with Gasteiger partial charge in [-0.15, -0.1) is 0 Å². The molecule has 0 radical (unpaired) electrons. The Morgan fingerprint density at radius 2 is 2.00 bits per heavy atom. The lowest BCUT2D eigenvalue weighted by Crippen LogP contribution is -2.46. The first kappa shape index (κ1) is 10.9. The van der Waals surface area contributed by atoms with Crippen LogP contribution in [0.4, 0.5) is 0 Å². The lowest BCUT2D eigenvalue weighted by Gasteiger charge is -2.36. The van der Waals surface area contributed by atoms with Gasteiger partial charge in [-0.05, 0) is 31.5 Å². The van der Waals surface area contributed by atoms with E-state index >= 15 is 0 Å². The van der Waals surface area contributed by atoms with E-state index in [1.54, 1.807) is 0 Å². The first-order valence-corrected chi connectivity index (χ1v) is 5.59. The molecule has 1 heterocycles. The zero-order valence-electron chi connectivity index (χ0n) is 9.09. The fourth-order valence-corrected chi connectivity index (χ4v) is 1.96.